The minimum absolute atomic E-state index is 0.000146. The average molecular weight is 384 g/mol. The van der Waals surface area contributed by atoms with E-state index in [0.717, 1.165) is 21.3 Å². The number of halogens is 1. The highest BCUT2D eigenvalue weighted by Crippen LogP contribution is 2.25. The summed E-state index contributed by atoms with van der Waals surface area (Å²) in [4.78, 5) is 0. The molecule has 22 heavy (non-hydrogen) atoms. The van der Waals surface area contributed by atoms with Crippen molar-refractivity contribution in [2.24, 2.45) is 0 Å². The van der Waals surface area contributed by atoms with E-state index in [4.69, 9.17) is 4.74 Å². The molecule has 0 bridgehead atoms. The van der Waals surface area contributed by atoms with Crippen molar-refractivity contribution < 1.29 is 13.2 Å². The van der Waals surface area contributed by atoms with Gasteiger partial charge in [0.2, 0.25) is 10.0 Å². The normalized spacial score (nSPS) is 11.4. The molecule has 2 aromatic carbocycles. The SMILES string of the molecule is COc1ccc(CCNS(=O)(=O)Cc2ccccc2)cc1Br. The molecule has 0 saturated carbocycles. The van der Waals surface area contributed by atoms with Crippen LogP contribution in [0.1, 0.15) is 11.1 Å². The molecule has 0 aliphatic carbocycles. The first-order chi connectivity index (χ1) is 10.5. The summed E-state index contributed by atoms with van der Waals surface area (Å²) in [6.45, 7) is 0.369. The highest BCUT2D eigenvalue weighted by atomic mass is 79.9. The van der Waals surface area contributed by atoms with Gasteiger partial charge in [-0.3, -0.25) is 0 Å². The second-order valence-electron chi connectivity index (χ2n) is 4.86. The second-order valence-corrected chi connectivity index (χ2v) is 7.52. The fourth-order valence-corrected chi connectivity index (χ4v) is 3.80. The van der Waals surface area contributed by atoms with Crippen molar-refractivity contribution in [1.82, 2.24) is 4.72 Å². The predicted molar refractivity (Wildman–Crippen MR) is 91.5 cm³/mol. The van der Waals surface area contributed by atoms with E-state index in [9.17, 15) is 8.42 Å². The first-order valence-electron chi connectivity index (χ1n) is 6.84. The van der Waals surface area contributed by atoms with E-state index in [1.54, 1.807) is 19.2 Å². The van der Waals surface area contributed by atoms with Crippen molar-refractivity contribution in [2.45, 2.75) is 12.2 Å². The van der Waals surface area contributed by atoms with Gasteiger partial charge in [0.15, 0.2) is 0 Å². The zero-order chi connectivity index (χ0) is 16.0. The number of rotatable bonds is 7. The van der Waals surface area contributed by atoms with E-state index in [2.05, 4.69) is 20.7 Å². The van der Waals surface area contributed by atoms with Crippen LogP contribution in [-0.2, 0) is 22.2 Å². The number of nitrogens with one attached hydrogen (secondary N) is 1. The Kier molecular flexibility index (Phi) is 5.99. The van der Waals surface area contributed by atoms with Crippen LogP contribution in [0.5, 0.6) is 5.75 Å². The van der Waals surface area contributed by atoms with Gasteiger partial charge < -0.3 is 4.74 Å². The molecule has 2 rings (SSSR count). The van der Waals surface area contributed by atoms with Crippen LogP contribution in [0.25, 0.3) is 0 Å². The Hall–Kier alpha value is -1.37. The molecule has 0 aliphatic heterocycles. The Morgan fingerprint density at radius 2 is 1.82 bits per heavy atom. The van der Waals surface area contributed by atoms with Crippen LogP contribution in [0, 0.1) is 0 Å². The maximum Gasteiger partial charge on any atom is 0.215 e. The van der Waals surface area contributed by atoms with Gasteiger partial charge in [0.05, 0.1) is 17.3 Å². The van der Waals surface area contributed by atoms with E-state index >= 15 is 0 Å². The maximum atomic E-state index is 12.0. The fourth-order valence-electron chi connectivity index (χ4n) is 2.06. The monoisotopic (exact) mass is 383 g/mol. The van der Waals surface area contributed by atoms with Gasteiger partial charge in [0.25, 0.3) is 0 Å². The molecule has 1 N–H and O–H groups in total. The van der Waals surface area contributed by atoms with Crippen molar-refractivity contribution in [3.05, 3.63) is 64.1 Å². The fraction of sp³-hybridized carbons (Fsp3) is 0.250. The molecule has 2 aromatic rings. The lowest BCUT2D eigenvalue weighted by molar-refractivity contribution is 0.412. The largest absolute Gasteiger partial charge is 0.496 e. The average Bonchev–Trinajstić information content (AvgIpc) is 2.48. The van der Waals surface area contributed by atoms with Crippen molar-refractivity contribution in [2.75, 3.05) is 13.7 Å². The van der Waals surface area contributed by atoms with Crippen LogP contribution >= 0.6 is 15.9 Å². The van der Waals surface area contributed by atoms with Gasteiger partial charge in [-0.15, -0.1) is 0 Å². The number of ether oxygens (including phenoxy) is 1. The lowest BCUT2D eigenvalue weighted by atomic mass is 10.1. The second kappa shape index (κ2) is 7.76. The summed E-state index contributed by atoms with van der Waals surface area (Å²) in [6.07, 6.45) is 0.622. The minimum atomic E-state index is -3.31. The summed E-state index contributed by atoms with van der Waals surface area (Å²) in [5, 5.41) is 0. The molecule has 0 aromatic heterocycles. The van der Waals surface area contributed by atoms with Gasteiger partial charge in [0.1, 0.15) is 5.75 Å². The zero-order valence-corrected chi connectivity index (χ0v) is 14.7. The number of benzene rings is 2. The summed E-state index contributed by atoms with van der Waals surface area (Å²) in [5.41, 5.74) is 1.82. The molecule has 0 unspecified atom stereocenters. The van der Waals surface area contributed by atoms with Crippen molar-refractivity contribution >= 4 is 26.0 Å². The van der Waals surface area contributed by atoms with E-state index < -0.39 is 10.0 Å². The minimum Gasteiger partial charge on any atom is -0.496 e. The molecule has 0 spiro atoms. The first-order valence-corrected chi connectivity index (χ1v) is 9.28. The van der Waals surface area contributed by atoms with E-state index in [1.807, 2.05) is 36.4 Å². The van der Waals surface area contributed by atoms with E-state index in [1.165, 1.54) is 0 Å². The number of sulfonamides is 1. The molecule has 0 fully saturated rings. The Labute approximate surface area is 139 Å². The predicted octanol–water partition coefficient (Wildman–Crippen LogP) is 3.12. The molecule has 0 radical (unpaired) electrons. The molecule has 118 valence electrons. The van der Waals surface area contributed by atoms with Gasteiger partial charge in [-0.2, -0.15) is 0 Å². The summed E-state index contributed by atoms with van der Waals surface area (Å²) in [5.74, 6) is 0.758. The van der Waals surface area contributed by atoms with Crippen LogP contribution in [-0.4, -0.2) is 22.1 Å². The Bertz CT molecular complexity index is 717. The van der Waals surface area contributed by atoms with Crippen molar-refractivity contribution in [1.29, 1.82) is 0 Å². The molecule has 0 aliphatic rings. The molecule has 0 saturated heterocycles. The van der Waals surface area contributed by atoms with E-state index in [-0.39, 0.29) is 5.75 Å². The molecule has 0 atom stereocenters. The highest BCUT2D eigenvalue weighted by Gasteiger charge is 2.10. The molecular weight excluding hydrogens is 366 g/mol. The molecule has 6 heteroatoms. The molecule has 0 amide bonds. The summed E-state index contributed by atoms with van der Waals surface area (Å²) in [6, 6.07) is 14.9. The van der Waals surface area contributed by atoms with Gasteiger partial charge >= 0.3 is 0 Å². The van der Waals surface area contributed by atoms with Gasteiger partial charge in [0, 0.05) is 6.54 Å². The topological polar surface area (TPSA) is 55.4 Å². The number of hydrogen-bond donors (Lipinski definition) is 1. The number of hydrogen-bond acceptors (Lipinski definition) is 3. The Morgan fingerprint density at radius 3 is 2.45 bits per heavy atom. The van der Waals surface area contributed by atoms with Crippen molar-refractivity contribution in [3.8, 4) is 5.75 Å². The van der Waals surface area contributed by atoms with Crippen LogP contribution in [0.15, 0.2) is 53.0 Å². The quantitative estimate of drug-likeness (QED) is 0.798. The molecular formula is C16H18BrNO3S. The maximum absolute atomic E-state index is 12.0. The third kappa shape index (κ3) is 5.12. The van der Waals surface area contributed by atoms with E-state index in [0.29, 0.717) is 13.0 Å². The molecule has 4 nitrogen and oxygen atoms in total. The van der Waals surface area contributed by atoms with Crippen LogP contribution in [0.4, 0.5) is 0 Å². The lowest BCUT2D eigenvalue weighted by Crippen LogP contribution is -2.27. The first kappa shape index (κ1) is 17.0. The highest BCUT2D eigenvalue weighted by molar-refractivity contribution is 9.10. The molecule has 0 heterocycles. The third-order valence-electron chi connectivity index (χ3n) is 3.15. The van der Waals surface area contributed by atoms with Crippen LogP contribution < -0.4 is 9.46 Å². The summed E-state index contributed by atoms with van der Waals surface area (Å²) in [7, 11) is -1.71. The third-order valence-corrected chi connectivity index (χ3v) is 5.13. The number of methoxy groups -OCH3 is 1. The standard InChI is InChI=1S/C16H18BrNO3S/c1-21-16-8-7-13(11-15(16)17)9-10-18-22(19,20)12-14-5-3-2-4-6-14/h2-8,11,18H,9-10,12H2,1H3. The Morgan fingerprint density at radius 1 is 1.09 bits per heavy atom. The zero-order valence-electron chi connectivity index (χ0n) is 12.3. The van der Waals surface area contributed by atoms with Crippen molar-refractivity contribution in [3.63, 3.8) is 0 Å². The van der Waals surface area contributed by atoms with Gasteiger partial charge in [-0.25, -0.2) is 13.1 Å². The van der Waals surface area contributed by atoms with Crippen LogP contribution in [0.2, 0.25) is 0 Å². The van der Waals surface area contributed by atoms with Crippen LogP contribution in [0.3, 0.4) is 0 Å². The lowest BCUT2D eigenvalue weighted by Gasteiger charge is -2.08. The smallest absolute Gasteiger partial charge is 0.215 e. The van der Waals surface area contributed by atoms with Gasteiger partial charge in [-0.1, -0.05) is 36.4 Å². The summed E-state index contributed by atoms with van der Waals surface area (Å²) >= 11 is 3.42. The Balaban J connectivity index is 1.89. The van der Waals surface area contributed by atoms with Gasteiger partial charge in [-0.05, 0) is 45.6 Å². The summed E-state index contributed by atoms with van der Waals surface area (Å²) < 4.78 is 32.7.